The molecule has 0 bridgehead atoms. The zero-order valence-corrected chi connectivity index (χ0v) is 7.00. The fraction of sp³-hybridized carbons (Fsp3) is 0.857. The maximum Gasteiger partial charge on any atom is 0.160 e. The lowest BCUT2D eigenvalue weighted by Gasteiger charge is -2.20. The van der Waals surface area contributed by atoms with Crippen molar-refractivity contribution in [1.82, 2.24) is 0 Å². The van der Waals surface area contributed by atoms with Gasteiger partial charge in [-0.15, -0.1) is 0 Å². The van der Waals surface area contributed by atoms with Crippen LogP contribution >= 0.6 is 0 Å². The van der Waals surface area contributed by atoms with Crippen molar-refractivity contribution < 1.29 is 30.3 Å². The highest BCUT2D eigenvalue weighted by atomic mass is 16.4. The number of ketones is 1. The Morgan fingerprint density at radius 1 is 1.08 bits per heavy atom. The van der Waals surface area contributed by atoms with E-state index in [1.165, 1.54) is 0 Å². The minimum atomic E-state index is -1.58. The molecule has 6 heteroatoms. The Balaban J connectivity index is 3.95. The van der Waals surface area contributed by atoms with E-state index in [1.807, 2.05) is 0 Å². The van der Waals surface area contributed by atoms with E-state index in [4.69, 9.17) is 25.5 Å². The lowest BCUT2D eigenvalue weighted by atomic mass is 10.0. The summed E-state index contributed by atoms with van der Waals surface area (Å²) < 4.78 is 0. The number of Topliss-reactive ketones (excluding diaryl/α,β-unsaturated/α-hetero) is 1. The Kier molecular flexibility index (Phi) is 5.76. The van der Waals surface area contributed by atoms with E-state index in [0.29, 0.717) is 0 Å². The normalized spacial score (nSPS) is 17.9. The molecule has 0 saturated heterocycles. The molecule has 0 spiro atoms. The van der Waals surface area contributed by atoms with E-state index in [-0.39, 0.29) is 0 Å². The van der Waals surface area contributed by atoms with Gasteiger partial charge in [0.2, 0.25) is 0 Å². The molecule has 0 aromatic rings. The SMILES string of the molecule is O=C(CO)C[C@@H](O)[C@H](O)[C@H](O)CO. The van der Waals surface area contributed by atoms with Crippen molar-refractivity contribution in [3.63, 3.8) is 0 Å². The van der Waals surface area contributed by atoms with Gasteiger partial charge in [0, 0.05) is 6.42 Å². The molecule has 0 rings (SSSR count). The first kappa shape index (κ1) is 12.5. The first-order valence-electron chi connectivity index (χ1n) is 3.80. The molecular weight excluding hydrogens is 180 g/mol. The van der Waals surface area contributed by atoms with Crippen molar-refractivity contribution >= 4 is 5.78 Å². The van der Waals surface area contributed by atoms with Gasteiger partial charge in [-0.05, 0) is 0 Å². The molecule has 6 nitrogen and oxygen atoms in total. The summed E-state index contributed by atoms with van der Waals surface area (Å²) in [4.78, 5) is 10.6. The minimum Gasteiger partial charge on any atom is -0.394 e. The van der Waals surface area contributed by atoms with Crippen LogP contribution in [-0.2, 0) is 4.79 Å². The van der Waals surface area contributed by atoms with Crippen molar-refractivity contribution in [3.8, 4) is 0 Å². The Bertz CT molecular complexity index is 159. The van der Waals surface area contributed by atoms with Gasteiger partial charge in [-0.2, -0.15) is 0 Å². The van der Waals surface area contributed by atoms with Gasteiger partial charge in [-0.25, -0.2) is 0 Å². The highest BCUT2D eigenvalue weighted by molar-refractivity contribution is 5.79. The van der Waals surface area contributed by atoms with Gasteiger partial charge >= 0.3 is 0 Å². The third-order valence-electron chi connectivity index (χ3n) is 1.59. The molecule has 0 fully saturated rings. The van der Waals surface area contributed by atoms with E-state index in [9.17, 15) is 4.79 Å². The number of aliphatic hydroxyl groups excluding tert-OH is 5. The Hall–Kier alpha value is -0.530. The maximum absolute atomic E-state index is 10.6. The lowest BCUT2D eigenvalue weighted by Crippen LogP contribution is -2.40. The van der Waals surface area contributed by atoms with Gasteiger partial charge in [0.25, 0.3) is 0 Å². The fourth-order valence-electron chi connectivity index (χ4n) is 0.783. The van der Waals surface area contributed by atoms with Crippen LogP contribution in [0.25, 0.3) is 0 Å². The summed E-state index contributed by atoms with van der Waals surface area (Å²) in [5, 5.41) is 43.7. The summed E-state index contributed by atoms with van der Waals surface area (Å²) in [5.41, 5.74) is 0. The Morgan fingerprint density at radius 3 is 2.00 bits per heavy atom. The second kappa shape index (κ2) is 6.01. The summed E-state index contributed by atoms with van der Waals surface area (Å²) in [6.07, 6.45) is -4.99. The first-order valence-corrected chi connectivity index (χ1v) is 3.80. The van der Waals surface area contributed by atoms with Crippen molar-refractivity contribution in [2.45, 2.75) is 24.7 Å². The van der Waals surface area contributed by atoms with Crippen molar-refractivity contribution in [1.29, 1.82) is 0 Å². The average molecular weight is 194 g/mol. The third-order valence-corrected chi connectivity index (χ3v) is 1.59. The van der Waals surface area contributed by atoms with Crippen LogP contribution in [-0.4, -0.2) is 62.8 Å². The van der Waals surface area contributed by atoms with E-state index in [2.05, 4.69) is 0 Å². The number of aliphatic hydroxyl groups is 5. The Morgan fingerprint density at radius 2 is 1.62 bits per heavy atom. The summed E-state index contributed by atoms with van der Waals surface area (Å²) in [5.74, 6) is -0.642. The number of carbonyl (C=O) groups is 1. The van der Waals surface area contributed by atoms with Crippen molar-refractivity contribution in [2.24, 2.45) is 0 Å². The van der Waals surface area contributed by atoms with Gasteiger partial charge in [0.1, 0.15) is 18.8 Å². The van der Waals surface area contributed by atoms with Crippen molar-refractivity contribution in [3.05, 3.63) is 0 Å². The van der Waals surface area contributed by atoms with Gasteiger partial charge in [-0.3, -0.25) is 4.79 Å². The molecule has 0 aromatic carbocycles. The zero-order valence-electron chi connectivity index (χ0n) is 7.00. The molecule has 78 valence electrons. The average Bonchev–Trinajstić information content (AvgIpc) is 2.14. The maximum atomic E-state index is 10.6. The highest BCUT2D eigenvalue weighted by Crippen LogP contribution is 2.04. The molecule has 0 amide bonds. The number of hydrogen-bond acceptors (Lipinski definition) is 6. The zero-order chi connectivity index (χ0) is 10.4. The number of hydrogen-bond donors (Lipinski definition) is 5. The molecule has 0 aliphatic carbocycles. The summed E-state index contributed by atoms with van der Waals surface area (Å²) in [6, 6.07) is 0. The molecule has 0 aliphatic rings. The predicted octanol–water partition coefficient (Wildman–Crippen LogP) is -2.99. The van der Waals surface area contributed by atoms with Crippen molar-refractivity contribution in [2.75, 3.05) is 13.2 Å². The Labute approximate surface area is 75.1 Å². The largest absolute Gasteiger partial charge is 0.394 e. The molecule has 13 heavy (non-hydrogen) atoms. The van der Waals surface area contributed by atoms with Gasteiger partial charge in [-0.1, -0.05) is 0 Å². The third kappa shape index (κ3) is 4.30. The van der Waals surface area contributed by atoms with Crippen LogP contribution in [0.5, 0.6) is 0 Å². The molecule has 0 heterocycles. The summed E-state index contributed by atoms with van der Waals surface area (Å²) in [6.45, 7) is -1.43. The number of carbonyl (C=O) groups excluding carboxylic acids is 1. The minimum absolute atomic E-state index is 0.450. The number of rotatable bonds is 6. The van der Waals surface area contributed by atoms with Gasteiger partial charge < -0.3 is 25.5 Å². The lowest BCUT2D eigenvalue weighted by molar-refractivity contribution is -0.128. The van der Waals surface area contributed by atoms with Crippen LogP contribution in [0.2, 0.25) is 0 Å². The van der Waals surface area contributed by atoms with Crippen LogP contribution in [0.1, 0.15) is 6.42 Å². The van der Waals surface area contributed by atoms with Crippen LogP contribution < -0.4 is 0 Å². The molecule has 0 saturated carbocycles. The highest BCUT2D eigenvalue weighted by Gasteiger charge is 2.25. The van der Waals surface area contributed by atoms with Crippen LogP contribution in [0.3, 0.4) is 0 Å². The molecular formula is C7H14O6. The topological polar surface area (TPSA) is 118 Å². The molecule has 0 radical (unpaired) electrons. The smallest absolute Gasteiger partial charge is 0.160 e. The monoisotopic (exact) mass is 194 g/mol. The molecule has 0 aromatic heterocycles. The van der Waals surface area contributed by atoms with Crippen LogP contribution in [0.15, 0.2) is 0 Å². The first-order chi connectivity index (χ1) is 6.02. The molecule has 0 aliphatic heterocycles. The van der Waals surface area contributed by atoms with Gasteiger partial charge in [0.15, 0.2) is 5.78 Å². The van der Waals surface area contributed by atoms with E-state index >= 15 is 0 Å². The van der Waals surface area contributed by atoms with E-state index in [0.717, 1.165) is 0 Å². The van der Waals surface area contributed by atoms with Gasteiger partial charge in [0.05, 0.1) is 12.7 Å². The second-order valence-corrected chi connectivity index (χ2v) is 2.71. The second-order valence-electron chi connectivity index (χ2n) is 2.71. The summed E-state index contributed by atoms with van der Waals surface area (Å²) >= 11 is 0. The molecule has 3 atom stereocenters. The summed E-state index contributed by atoms with van der Waals surface area (Å²) in [7, 11) is 0. The standard InChI is InChI=1S/C7H14O6/c8-2-4(10)1-5(11)7(13)6(12)3-9/h5-9,11-13H,1-3H2/t5-,6-,7+/m1/s1. The van der Waals surface area contributed by atoms with E-state index < -0.39 is 43.7 Å². The predicted molar refractivity (Wildman–Crippen MR) is 41.8 cm³/mol. The molecule has 5 N–H and O–H groups in total. The van der Waals surface area contributed by atoms with Crippen LogP contribution in [0, 0.1) is 0 Å². The van der Waals surface area contributed by atoms with Crippen LogP contribution in [0.4, 0.5) is 0 Å². The molecule has 0 unspecified atom stereocenters. The fourth-order valence-corrected chi connectivity index (χ4v) is 0.783. The van der Waals surface area contributed by atoms with E-state index in [1.54, 1.807) is 0 Å². The quantitative estimate of drug-likeness (QED) is 0.308.